The molecular formula is C24H31F2N7O2. The zero-order valence-corrected chi connectivity index (χ0v) is 20.2. The van der Waals surface area contributed by atoms with Gasteiger partial charge in [-0.05, 0) is 51.5 Å². The lowest BCUT2D eigenvalue weighted by atomic mass is 9.87. The molecule has 5 rings (SSSR count). The lowest BCUT2D eigenvalue weighted by Crippen LogP contribution is -2.45. The first kappa shape index (κ1) is 23.7. The van der Waals surface area contributed by atoms with Gasteiger partial charge >= 0.3 is 0 Å². The Morgan fingerprint density at radius 1 is 1.14 bits per heavy atom. The summed E-state index contributed by atoms with van der Waals surface area (Å²) in [5.74, 6) is 0.793. The van der Waals surface area contributed by atoms with Crippen LogP contribution in [0.3, 0.4) is 0 Å². The zero-order chi connectivity index (χ0) is 24.7. The number of ether oxygens (including phenoxy) is 1. The van der Waals surface area contributed by atoms with Crippen molar-refractivity contribution in [2.75, 3.05) is 23.3 Å². The normalized spacial score (nSPS) is 25.4. The van der Waals surface area contributed by atoms with Gasteiger partial charge in [0.25, 0.3) is 12.3 Å². The fraction of sp³-hybridized carbons (Fsp3) is 0.583. The van der Waals surface area contributed by atoms with Gasteiger partial charge in [0.1, 0.15) is 11.4 Å². The number of nitrogens with one attached hydrogen (secondary N) is 1. The molecule has 1 amide bonds. The van der Waals surface area contributed by atoms with Crippen LogP contribution in [0.5, 0.6) is 0 Å². The predicted molar refractivity (Wildman–Crippen MR) is 127 cm³/mol. The Morgan fingerprint density at radius 3 is 2.54 bits per heavy atom. The number of halogens is 2. The molecule has 35 heavy (non-hydrogen) atoms. The molecule has 0 aromatic carbocycles. The highest BCUT2D eigenvalue weighted by molar-refractivity contribution is 6.08. The molecule has 0 spiro atoms. The molecule has 3 aromatic heterocycles. The number of morpholine rings is 1. The molecule has 2 atom stereocenters. The number of carbonyl (C=O) groups is 1. The quantitative estimate of drug-likeness (QED) is 0.571. The van der Waals surface area contributed by atoms with Crippen molar-refractivity contribution in [1.82, 2.24) is 24.4 Å². The van der Waals surface area contributed by atoms with E-state index < -0.39 is 18.0 Å². The summed E-state index contributed by atoms with van der Waals surface area (Å²) in [6.07, 6.45) is 5.83. The molecule has 2 aliphatic rings. The molecule has 1 aliphatic carbocycles. The Labute approximate surface area is 202 Å². The number of rotatable bonds is 5. The van der Waals surface area contributed by atoms with E-state index >= 15 is 0 Å². The zero-order valence-electron chi connectivity index (χ0n) is 20.2. The van der Waals surface area contributed by atoms with Crippen molar-refractivity contribution >= 4 is 23.1 Å². The lowest BCUT2D eigenvalue weighted by Gasteiger charge is -2.36. The highest BCUT2D eigenvalue weighted by Gasteiger charge is 2.27. The van der Waals surface area contributed by atoms with Gasteiger partial charge in [0, 0.05) is 25.5 Å². The molecule has 1 aliphatic heterocycles. The molecule has 2 fully saturated rings. The maximum absolute atomic E-state index is 13.8. The van der Waals surface area contributed by atoms with Crippen LogP contribution in [0.2, 0.25) is 0 Å². The largest absolute Gasteiger partial charge is 0.372 e. The molecule has 11 heteroatoms. The second-order valence-electron chi connectivity index (χ2n) is 9.85. The molecule has 0 bridgehead atoms. The molecule has 1 unspecified atom stereocenters. The van der Waals surface area contributed by atoms with Crippen LogP contribution in [0.15, 0.2) is 24.7 Å². The summed E-state index contributed by atoms with van der Waals surface area (Å²) in [5, 5.41) is 11.0. The van der Waals surface area contributed by atoms with Crippen molar-refractivity contribution in [1.29, 1.82) is 0 Å². The highest BCUT2D eigenvalue weighted by atomic mass is 19.3. The Kier molecular flexibility index (Phi) is 6.43. The summed E-state index contributed by atoms with van der Waals surface area (Å²) in [6, 6.07) is 1.91. The smallest absolute Gasteiger partial charge is 0.284 e. The molecular weight excluding hydrogens is 456 g/mol. The molecule has 1 saturated carbocycles. The number of amides is 1. The van der Waals surface area contributed by atoms with Crippen molar-refractivity contribution in [2.45, 2.75) is 71.1 Å². The molecule has 1 N–H and O–H groups in total. The predicted octanol–water partition coefficient (Wildman–Crippen LogP) is 4.48. The van der Waals surface area contributed by atoms with Crippen molar-refractivity contribution in [3.63, 3.8) is 0 Å². The van der Waals surface area contributed by atoms with Crippen LogP contribution in [-0.4, -0.2) is 55.6 Å². The van der Waals surface area contributed by atoms with Crippen LogP contribution >= 0.6 is 0 Å². The molecule has 9 nitrogen and oxygen atoms in total. The Bertz CT molecular complexity index is 1190. The van der Waals surface area contributed by atoms with Gasteiger partial charge in [-0.1, -0.05) is 6.92 Å². The van der Waals surface area contributed by atoms with Crippen molar-refractivity contribution in [3.05, 3.63) is 35.9 Å². The van der Waals surface area contributed by atoms with Gasteiger partial charge in [-0.25, -0.2) is 18.3 Å². The maximum atomic E-state index is 13.8. The Hall–Kier alpha value is -3.08. The summed E-state index contributed by atoms with van der Waals surface area (Å²) < 4.78 is 36.4. The summed E-state index contributed by atoms with van der Waals surface area (Å²) in [6.45, 7) is 7.58. The van der Waals surface area contributed by atoms with E-state index in [2.05, 4.69) is 32.3 Å². The third kappa shape index (κ3) is 4.86. The van der Waals surface area contributed by atoms with Gasteiger partial charge in [-0.15, -0.1) is 0 Å². The molecule has 4 heterocycles. The lowest BCUT2D eigenvalue weighted by molar-refractivity contribution is -0.00545. The topological polar surface area (TPSA) is 89.6 Å². The van der Waals surface area contributed by atoms with E-state index in [1.165, 1.54) is 16.9 Å². The first-order valence-corrected chi connectivity index (χ1v) is 12.2. The van der Waals surface area contributed by atoms with Gasteiger partial charge in [-0.2, -0.15) is 10.2 Å². The van der Waals surface area contributed by atoms with Crippen molar-refractivity contribution in [2.24, 2.45) is 5.92 Å². The van der Waals surface area contributed by atoms with E-state index in [-0.39, 0.29) is 29.5 Å². The second-order valence-corrected chi connectivity index (χ2v) is 9.85. The third-order valence-corrected chi connectivity index (χ3v) is 6.92. The fourth-order valence-corrected chi connectivity index (χ4v) is 5.11. The number of aromatic nitrogens is 5. The van der Waals surface area contributed by atoms with Gasteiger partial charge in [0.2, 0.25) is 0 Å². The van der Waals surface area contributed by atoms with Crippen LogP contribution in [0.1, 0.15) is 75.0 Å². The average Bonchev–Trinajstić information content (AvgIpc) is 3.43. The summed E-state index contributed by atoms with van der Waals surface area (Å²) >= 11 is 0. The Balaban J connectivity index is 1.39. The fourth-order valence-electron chi connectivity index (χ4n) is 5.11. The van der Waals surface area contributed by atoms with E-state index in [1.54, 1.807) is 10.9 Å². The number of anilines is 2. The average molecular weight is 488 g/mol. The summed E-state index contributed by atoms with van der Waals surface area (Å²) in [4.78, 5) is 19.9. The standard InChI is InChI=1S/C24H31F2N7O2/c1-14-4-6-17(7-5-14)33-13-19(21(30-33)22(25)26)28-24(34)18-10-27-32-9-8-20(29-23(18)32)31-11-15(2)35-16(3)12-31/h8-10,13-17,22H,4-7,11-12H2,1-3H3,(H,28,34)/t14?,15-,16?,17?/m0/s1. The van der Waals surface area contributed by atoms with Gasteiger partial charge in [0.05, 0.1) is 30.1 Å². The van der Waals surface area contributed by atoms with Gasteiger partial charge < -0.3 is 15.0 Å². The van der Waals surface area contributed by atoms with E-state index in [1.807, 2.05) is 19.9 Å². The highest BCUT2D eigenvalue weighted by Crippen LogP contribution is 2.34. The molecule has 0 radical (unpaired) electrons. The monoisotopic (exact) mass is 487 g/mol. The van der Waals surface area contributed by atoms with Crippen LogP contribution in [0.4, 0.5) is 20.3 Å². The van der Waals surface area contributed by atoms with E-state index in [0.717, 1.165) is 25.7 Å². The summed E-state index contributed by atoms with van der Waals surface area (Å²) in [7, 11) is 0. The number of fused-ring (bicyclic) bond motifs is 1. The number of carbonyl (C=O) groups excluding carboxylic acids is 1. The maximum Gasteiger partial charge on any atom is 0.284 e. The van der Waals surface area contributed by atoms with Crippen LogP contribution < -0.4 is 10.2 Å². The number of hydrogen-bond donors (Lipinski definition) is 1. The van der Waals surface area contributed by atoms with Gasteiger partial charge in [0.15, 0.2) is 11.3 Å². The second kappa shape index (κ2) is 9.52. The van der Waals surface area contributed by atoms with E-state index in [9.17, 15) is 13.6 Å². The SMILES string of the molecule is CC1CCC(n2cc(NC(=O)c3cnn4ccc(N5CC(C)O[C@@H](C)C5)nc34)c(C(F)F)n2)CC1. The Morgan fingerprint density at radius 2 is 1.86 bits per heavy atom. The van der Waals surface area contributed by atoms with Gasteiger partial charge in [-0.3, -0.25) is 9.48 Å². The first-order chi connectivity index (χ1) is 16.8. The van der Waals surface area contributed by atoms with Crippen LogP contribution in [0, 0.1) is 5.92 Å². The van der Waals surface area contributed by atoms with Crippen LogP contribution in [0.25, 0.3) is 5.65 Å². The van der Waals surface area contributed by atoms with E-state index in [4.69, 9.17) is 4.74 Å². The number of nitrogens with zero attached hydrogens (tertiary/aromatic N) is 6. The molecule has 1 saturated heterocycles. The van der Waals surface area contributed by atoms with Crippen LogP contribution in [-0.2, 0) is 4.74 Å². The number of hydrogen-bond acceptors (Lipinski definition) is 6. The van der Waals surface area contributed by atoms with E-state index in [0.29, 0.717) is 30.5 Å². The summed E-state index contributed by atoms with van der Waals surface area (Å²) in [5.41, 5.74) is 0.174. The first-order valence-electron chi connectivity index (χ1n) is 12.2. The third-order valence-electron chi connectivity index (χ3n) is 6.92. The molecule has 3 aromatic rings. The van der Waals surface area contributed by atoms with Crippen molar-refractivity contribution in [3.8, 4) is 0 Å². The van der Waals surface area contributed by atoms with Crippen molar-refractivity contribution < 1.29 is 18.3 Å². The minimum absolute atomic E-state index is 0.0231. The number of alkyl halides is 2. The molecule has 188 valence electrons. The minimum atomic E-state index is -2.80. The minimum Gasteiger partial charge on any atom is -0.372 e.